The topological polar surface area (TPSA) is 67.6 Å². The zero-order valence-electron chi connectivity index (χ0n) is 13.4. The van der Waals surface area contributed by atoms with Crippen LogP contribution in [0.4, 0.5) is 20.6 Å². The molecular formula is C18H20FN3O2. The number of carbonyl (C=O) groups excluding carboxylic acids is 1. The molecule has 2 unspecified atom stereocenters. The van der Waals surface area contributed by atoms with Gasteiger partial charge in [0.2, 0.25) is 0 Å². The zero-order chi connectivity index (χ0) is 17.1. The van der Waals surface area contributed by atoms with E-state index in [0.29, 0.717) is 17.9 Å². The lowest BCUT2D eigenvalue weighted by molar-refractivity contribution is 0.145. The summed E-state index contributed by atoms with van der Waals surface area (Å²) in [6.07, 6.45) is -0.848. The molecule has 0 radical (unpaired) electrons. The Morgan fingerprint density at radius 2 is 2.08 bits per heavy atom. The van der Waals surface area contributed by atoms with Gasteiger partial charge in [0.15, 0.2) is 0 Å². The van der Waals surface area contributed by atoms with Crippen LogP contribution in [0.5, 0.6) is 0 Å². The van der Waals surface area contributed by atoms with Gasteiger partial charge in [-0.15, -0.1) is 0 Å². The summed E-state index contributed by atoms with van der Waals surface area (Å²) in [6, 6.07) is 14.4. The molecule has 24 heavy (non-hydrogen) atoms. The molecule has 3 N–H and O–H groups in total. The number of hydrogen-bond acceptors (Lipinski definition) is 4. The van der Waals surface area contributed by atoms with Gasteiger partial charge in [-0.2, -0.15) is 0 Å². The summed E-state index contributed by atoms with van der Waals surface area (Å²) >= 11 is 0. The summed E-state index contributed by atoms with van der Waals surface area (Å²) in [5.41, 5.74) is 7.43. The van der Waals surface area contributed by atoms with E-state index in [0.717, 1.165) is 5.56 Å². The minimum absolute atomic E-state index is 0.0371. The molecule has 0 aromatic heterocycles. The second-order valence-electron chi connectivity index (χ2n) is 5.79. The number of rotatable bonds is 5. The van der Waals surface area contributed by atoms with Gasteiger partial charge in [0.05, 0.1) is 17.9 Å². The average molecular weight is 329 g/mol. The molecule has 1 amide bonds. The van der Waals surface area contributed by atoms with Gasteiger partial charge in [0.1, 0.15) is 11.9 Å². The number of nitrogens with one attached hydrogen (secondary N) is 1. The van der Waals surface area contributed by atoms with Crippen LogP contribution < -0.4 is 16.0 Å². The van der Waals surface area contributed by atoms with Crippen LogP contribution >= 0.6 is 0 Å². The molecule has 2 atom stereocenters. The average Bonchev–Trinajstić information content (AvgIpc) is 2.98. The van der Waals surface area contributed by atoms with E-state index < -0.39 is 11.9 Å². The van der Waals surface area contributed by atoms with Crippen molar-refractivity contribution >= 4 is 17.5 Å². The molecule has 1 aliphatic heterocycles. The second-order valence-corrected chi connectivity index (χ2v) is 5.79. The van der Waals surface area contributed by atoms with Crippen molar-refractivity contribution in [3.63, 3.8) is 0 Å². The Morgan fingerprint density at radius 3 is 2.71 bits per heavy atom. The Balaban J connectivity index is 1.74. The van der Waals surface area contributed by atoms with Crippen LogP contribution in [0.3, 0.4) is 0 Å². The van der Waals surface area contributed by atoms with Crippen molar-refractivity contribution in [3.05, 3.63) is 59.9 Å². The maximum absolute atomic E-state index is 14.4. The zero-order valence-corrected chi connectivity index (χ0v) is 13.4. The first-order chi connectivity index (χ1) is 11.6. The molecule has 1 heterocycles. The van der Waals surface area contributed by atoms with Crippen molar-refractivity contribution in [3.8, 4) is 0 Å². The fraction of sp³-hybridized carbons (Fsp3) is 0.278. The Labute approximate surface area is 140 Å². The third-order valence-electron chi connectivity index (χ3n) is 4.07. The number of nitrogens with zero attached hydrogens (tertiary/aromatic N) is 1. The predicted octanol–water partition coefficient (Wildman–Crippen LogP) is 3.28. The largest absolute Gasteiger partial charge is 0.443 e. The Hall–Kier alpha value is -2.60. The molecule has 3 rings (SSSR count). The van der Waals surface area contributed by atoms with E-state index in [1.165, 1.54) is 11.0 Å². The van der Waals surface area contributed by atoms with Crippen LogP contribution in [0.1, 0.15) is 18.5 Å². The van der Waals surface area contributed by atoms with Gasteiger partial charge >= 0.3 is 6.09 Å². The molecule has 5 nitrogen and oxygen atoms in total. The molecule has 126 valence electrons. The lowest BCUT2D eigenvalue weighted by atomic mass is 10.1. The lowest BCUT2D eigenvalue weighted by Gasteiger charge is -2.18. The first kappa shape index (κ1) is 16.3. The number of amides is 1. The molecule has 6 heteroatoms. The molecular weight excluding hydrogens is 309 g/mol. The van der Waals surface area contributed by atoms with E-state index in [4.69, 9.17) is 10.5 Å². The van der Waals surface area contributed by atoms with Crippen molar-refractivity contribution in [1.82, 2.24) is 0 Å². The second kappa shape index (κ2) is 6.88. The highest BCUT2D eigenvalue weighted by atomic mass is 19.1. The van der Waals surface area contributed by atoms with Crippen molar-refractivity contribution in [1.29, 1.82) is 0 Å². The molecule has 2 aromatic carbocycles. The summed E-state index contributed by atoms with van der Waals surface area (Å²) in [4.78, 5) is 13.2. The van der Waals surface area contributed by atoms with Crippen molar-refractivity contribution < 1.29 is 13.9 Å². The normalized spacial score (nSPS) is 18.4. The number of cyclic esters (lactones) is 1. The molecule has 2 aromatic rings. The summed E-state index contributed by atoms with van der Waals surface area (Å²) in [5.74, 6) is -0.417. The van der Waals surface area contributed by atoms with Crippen LogP contribution in [0.15, 0.2) is 48.5 Å². The van der Waals surface area contributed by atoms with E-state index in [9.17, 15) is 9.18 Å². The maximum Gasteiger partial charge on any atom is 0.414 e. The highest BCUT2D eigenvalue weighted by molar-refractivity contribution is 5.90. The van der Waals surface area contributed by atoms with Crippen LogP contribution in [0.25, 0.3) is 0 Å². The van der Waals surface area contributed by atoms with E-state index in [-0.39, 0.29) is 18.7 Å². The predicted molar refractivity (Wildman–Crippen MR) is 91.5 cm³/mol. The fourth-order valence-corrected chi connectivity index (χ4v) is 2.70. The molecule has 1 aliphatic rings. The van der Waals surface area contributed by atoms with E-state index in [1.54, 1.807) is 12.1 Å². The van der Waals surface area contributed by atoms with Gasteiger partial charge in [0, 0.05) is 12.6 Å². The van der Waals surface area contributed by atoms with Gasteiger partial charge in [-0.1, -0.05) is 30.3 Å². The molecule has 1 saturated heterocycles. The summed E-state index contributed by atoms with van der Waals surface area (Å²) in [6.45, 7) is 2.55. The van der Waals surface area contributed by atoms with Crippen LogP contribution in [0.2, 0.25) is 0 Å². The SMILES string of the molecule is CC(Nc1ccc(N2CC(CN)OC2=O)cc1F)c1ccccc1. The van der Waals surface area contributed by atoms with Crippen LogP contribution in [0, 0.1) is 5.82 Å². The Morgan fingerprint density at radius 1 is 1.33 bits per heavy atom. The van der Waals surface area contributed by atoms with E-state index in [1.807, 2.05) is 37.3 Å². The van der Waals surface area contributed by atoms with Gasteiger partial charge in [-0.05, 0) is 30.7 Å². The first-order valence-corrected chi connectivity index (χ1v) is 7.87. The maximum atomic E-state index is 14.4. The minimum atomic E-state index is -0.497. The van der Waals surface area contributed by atoms with Gasteiger partial charge in [0.25, 0.3) is 0 Å². The smallest absolute Gasteiger partial charge is 0.414 e. The number of benzene rings is 2. The number of nitrogens with two attached hydrogens (primary N) is 1. The Bertz CT molecular complexity index is 723. The van der Waals surface area contributed by atoms with E-state index in [2.05, 4.69) is 5.32 Å². The Kier molecular flexibility index (Phi) is 4.66. The van der Waals surface area contributed by atoms with Crippen LogP contribution in [-0.2, 0) is 4.74 Å². The third kappa shape index (κ3) is 3.33. The lowest BCUT2D eigenvalue weighted by Crippen LogP contribution is -2.27. The quantitative estimate of drug-likeness (QED) is 0.883. The standard InChI is InChI=1S/C18H20FN3O2/c1-12(13-5-3-2-4-6-13)21-17-8-7-14(9-16(17)19)22-11-15(10-20)24-18(22)23/h2-9,12,15,21H,10-11,20H2,1H3. The highest BCUT2D eigenvalue weighted by Gasteiger charge is 2.31. The van der Waals surface area contributed by atoms with Gasteiger partial charge < -0.3 is 15.8 Å². The van der Waals surface area contributed by atoms with Crippen LogP contribution in [-0.4, -0.2) is 25.3 Å². The number of ether oxygens (including phenoxy) is 1. The summed E-state index contributed by atoms with van der Waals surface area (Å²) in [5, 5.41) is 3.15. The van der Waals surface area contributed by atoms with Crippen molar-refractivity contribution in [2.24, 2.45) is 5.73 Å². The van der Waals surface area contributed by atoms with Crippen molar-refractivity contribution in [2.45, 2.75) is 19.1 Å². The minimum Gasteiger partial charge on any atom is -0.443 e. The fourth-order valence-electron chi connectivity index (χ4n) is 2.70. The first-order valence-electron chi connectivity index (χ1n) is 7.87. The monoisotopic (exact) mass is 329 g/mol. The van der Waals surface area contributed by atoms with Gasteiger partial charge in [-0.25, -0.2) is 9.18 Å². The molecule has 0 aliphatic carbocycles. The third-order valence-corrected chi connectivity index (χ3v) is 4.07. The highest BCUT2D eigenvalue weighted by Crippen LogP contribution is 2.28. The van der Waals surface area contributed by atoms with Crippen molar-refractivity contribution in [2.75, 3.05) is 23.3 Å². The summed E-state index contributed by atoms with van der Waals surface area (Å²) < 4.78 is 19.5. The molecule has 0 saturated carbocycles. The number of anilines is 2. The molecule has 0 spiro atoms. The number of halogens is 1. The molecule has 1 fully saturated rings. The van der Waals surface area contributed by atoms with E-state index >= 15 is 0 Å². The van der Waals surface area contributed by atoms with Gasteiger partial charge in [-0.3, -0.25) is 4.90 Å². The molecule has 0 bridgehead atoms. The summed E-state index contributed by atoms with van der Waals surface area (Å²) in [7, 11) is 0. The number of hydrogen-bond donors (Lipinski definition) is 2. The number of carbonyl (C=O) groups is 1.